The third-order valence-electron chi connectivity index (χ3n) is 1.38. The van der Waals surface area contributed by atoms with Gasteiger partial charge in [0.15, 0.2) is 0 Å². The van der Waals surface area contributed by atoms with Crippen molar-refractivity contribution in [3.63, 3.8) is 0 Å². The Bertz CT molecular complexity index is 325. The quantitative estimate of drug-likeness (QED) is 0.615. The number of nitrogens with zero attached hydrogens (tertiary/aromatic N) is 2. The first-order chi connectivity index (χ1) is 6.38. The molecule has 0 fully saturated rings. The summed E-state index contributed by atoms with van der Waals surface area (Å²) in [6, 6.07) is 7.80. The fraction of sp³-hybridized carbons (Fsp3) is 0. The lowest BCUT2D eigenvalue weighted by atomic mass is 10.3. The van der Waals surface area contributed by atoms with Crippen LogP contribution in [0.1, 0.15) is 0 Å². The second kappa shape index (κ2) is 4.82. The molecule has 1 aromatic carbocycles. The molecule has 4 nitrogen and oxygen atoms in total. The molecule has 0 saturated heterocycles. The van der Waals surface area contributed by atoms with E-state index in [1.807, 2.05) is 24.3 Å². The molecule has 0 aliphatic heterocycles. The Morgan fingerprint density at radius 2 is 1.46 bits per heavy atom. The summed E-state index contributed by atoms with van der Waals surface area (Å²) >= 11 is 0. The van der Waals surface area contributed by atoms with Crippen LogP contribution in [0.2, 0.25) is 0 Å². The SMILES string of the molecule is O=CO.c1ccc2nccnc2c1. The molecular weight excluding hydrogens is 168 g/mol. The van der Waals surface area contributed by atoms with E-state index in [2.05, 4.69) is 9.97 Å². The van der Waals surface area contributed by atoms with Gasteiger partial charge in [-0.2, -0.15) is 0 Å². The van der Waals surface area contributed by atoms with Crippen LogP contribution in [0.3, 0.4) is 0 Å². The molecule has 0 aliphatic carbocycles. The standard InChI is InChI=1S/C8H6N2.CH2O2/c1-2-4-8-7(3-1)9-5-6-10-8;2-1-3/h1-6H;1H,(H,2,3). The van der Waals surface area contributed by atoms with E-state index < -0.39 is 0 Å². The maximum absolute atomic E-state index is 8.36. The predicted octanol–water partition coefficient (Wildman–Crippen LogP) is 1.33. The van der Waals surface area contributed by atoms with Crippen molar-refractivity contribution < 1.29 is 9.90 Å². The van der Waals surface area contributed by atoms with Gasteiger partial charge in [0, 0.05) is 12.4 Å². The summed E-state index contributed by atoms with van der Waals surface area (Å²) in [5.74, 6) is 0. The summed E-state index contributed by atoms with van der Waals surface area (Å²) in [5.41, 5.74) is 1.90. The molecule has 0 unspecified atom stereocenters. The van der Waals surface area contributed by atoms with Crippen LogP contribution in [-0.2, 0) is 4.79 Å². The lowest BCUT2D eigenvalue weighted by Crippen LogP contribution is -1.78. The fourth-order valence-electron chi connectivity index (χ4n) is 0.910. The molecular formula is C9H8N2O2. The number of aromatic nitrogens is 2. The summed E-state index contributed by atoms with van der Waals surface area (Å²) in [6.07, 6.45) is 3.39. The highest BCUT2D eigenvalue weighted by atomic mass is 16.3. The zero-order valence-corrected chi connectivity index (χ0v) is 6.79. The summed E-state index contributed by atoms with van der Waals surface area (Å²) in [6.45, 7) is -0.250. The van der Waals surface area contributed by atoms with Crippen LogP contribution in [0.4, 0.5) is 0 Å². The van der Waals surface area contributed by atoms with E-state index in [-0.39, 0.29) is 6.47 Å². The van der Waals surface area contributed by atoms with Gasteiger partial charge in [0.2, 0.25) is 0 Å². The van der Waals surface area contributed by atoms with Gasteiger partial charge in [0.1, 0.15) is 0 Å². The minimum absolute atomic E-state index is 0.250. The molecule has 0 amide bonds. The van der Waals surface area contributed by atoms with Gasteiger partial charge in [-0.05, 0) is 12.1 Å². The van der Waals surface area contributed by atoms with Crippen LogP contribution in [0, 0.1) is 0 Å². The first-order valence-electron chi connectivity index (χ1n) is 3.62. The third-order valence-corrected chi connectivity index (χ3v) is 1.38. The molecule has 0 saturated carbocycles. The highest BCUT2D eigenvalue weighted by Crippen LogP contribution is 2.04. The van der Waals surface area contributed by atoms with E-state index in [1.54, 1.807) is 12.4 Å². The Morgan fingerprint density at radius 3 is 1.85 bits per heavy atom. The van der Waals surface area contributed by atoms with Crippen molar-refractivity contribution in [3.8, 4) is 0 Å². The lowest BCUT2D eigenvalue weighted by molar-refractivity contribution is -0.122. The minimum Gasteiger partial charge on any atom is -0.483 e. The molecule has 66 valence electrons. The highest BCUT2D eigenvalue weighted by molar-refractivity contribution is 5.72. The van der Waals surface area contributed by atoms with E-state index >= 15 is 0 Å². The van der Waals surface area contributed by atoms with Gasteiger partial charge in [-0.1, -0.05) is 12.1 Å². The zero-order chi connectivity index (χ0) is 9.52. The first kappa shape index (κ1) is 9.12. The van der Waals surface area contributed by atoms with E-state index in [1.165, 1.54) is 0 Å². The molecule has 0 aliphatic rings. The number of benzene rings is 1. The molecule has 1 N–H and O–H groups in total. The summed E-state index contributed by atoms with van der Waals surface area (Å²) in [7, 11) is 0. The number of rotatable bonds is 0. The number of fused-ring (bicyclic) bond motifs is 1. The maximum Gasteiger partial charge on any atom is 0.290 e. The van der Waals surface area contributed by atoms with Gasteiger partial charge < -0.3 is 5.11 Å². The molecule has 1 heterocycles. The molecule has 2 rings (SSSR count). The van der Waals surface area contributed by atoms with E-state index in [4.69, 9.17) is 9.90 Å². The van der Waals surface area contributed by atoms with Crippen molar-refractivity contribution in [1.29, 1.82) is 0 Å². The van der Waals surface area contributed by atoms with Crippen molar-refractivity contribution in [2.75, 3.05) is 0 Å². The maximum atomic E-state index is 8.36. The summed E-state index contributed by atoms with van der Waals surface area (Å²) in [5, 5.41) is 6.89. The van der Waals surface area contributed by atoms with Crippen LogP contribution in [0.5, 0.6) is 0 Å². The van der Waals surface area contributed by atoms with Crippen LogP contribution >= 0.6 is 0 Å². The summed E-state index contributed by atoms with van der Waals surface area (Å²) in [4.78, 5) is 16.6. The van der Waals surface area contributed by atoms with E-state index in [0.717, 1.165) is 11.0 Å². The Morgan fingerprint density at radius 1 is 1.08 bits per heavy atom. The van der Waals surface area contributed by atoms with E-state index in [0.29, 0.717) is 0 Å². The van der Waals surface area contributed by atoms with Crippen molar-refractivity contribution >= 4 is 17.5 Å². The monoisotopic (exact) mass is 176 g/mol. The number of hydrogen-bond donors (Lipinski definition) is 1. The van der Waals surface area contributed by atoms with Crippen molar-refractivity contribution in [2.24, 2.45) is 0 Å². The number of carboxylic acid groups (broad SMARTS) is 1. The van der Waals surface area contributed by atoms with Crippen LogP contribution in [-0.4, -0.2) is 21.5 Å². The average molecular weight is 176 g/mol. The first-order valence-corrected chi connectivity index (χ1v) is 3.62. The second-order valence-electron chi connectivity index (χ2n) is 2.15. The van der Waals surface area contributed by atoms with Crippen molar-refractivity contribution in [2.45, 2.75) is 0 Å². The van der Waals surface area contributed by atoms with Crippen molar-refractivity contribution in [3.05, 3.63) is 36.7 Å². The molecule has 0 atom stereocenters. The second-order valence-corrected chi connectivity index (χ2v) is 2.15. The predicted molar refractivity (Wildman–Crippen MR) is 48.2 cm³/mol. The van der Waals surface area contributed by atoms with Gasteiger partial charge in [0.25, 0.3) is 6.47 Å². The van der Waals surface area contributed by atoms with Crippen LogP contribution < -0.4 is 0 Å². The topological polar surface area (TPSA) is 63.1 Å². The Balaban J connectivity index is 0.000000251. The third kappa shape index (κ3) is 2.52. The Hall–Kier alpha value is -1.97. The van der Waals surface area contributed by atoms with Gasteiger partial charge in [0.05, 0.1) is 11.0 Å². The smallest absolute Gasteiger partial charge is 0.290 e. The number of carbonyl (C=O) groups is 1. The normalized spacial score (nSPS) is 8.62. The molecule has 0 radical (unpaired) electrons. The Kier molecular flexibility index (Phi) is 3.38. The molecule has 1 aromatic heterocycles. The molecule has 2 aromatic rings. The van der Waals surface area contributed by atoms with Gasteiger partial charge >= 0.3 is 0 Å². The van der Waals surface area contributed by atoms with Crippen LogP contribution in [0.15, 0.2) is 36.7 Å². The largest absolute Gasteiger partial charge is 0.483 e. The number of hydrogen-bond acceptors (Lipinski definition) is 3. The summed E-state index contributed by atoms with van der Waals surface area (Å²) < 4.78 is 0. The molecule has 4 heteroatoms. The van der Waals surface area contributed by atoms with Gasteiger partial charge in [-0.15, -0.1) is 0 Å². The Labute approximate surface area is 74.9 Å². The van der Waals surface area contributed by atoms with E-state index in [9.17, 15) is 0 Å². The highest BCUT2D eigenvalue weighted by Gasteiger charge is 1.88. The zero-order valence-electron chi connectivity index (χ0n) is 6.79. The average Bonchev–Trinajstić information content (AvgIpc) is 2.19. The van der Waals surface area contributed by atoms with Gasteiger partial charge in [-0.25, -0.2) is 0 Å². The fourth-order valence-corrected chi connectivity index (χ4v) is 0.910. The molecule has 13 heavy (non-hydrogen) atoms. The molecule has 0 bridgehead atoms. The molecule has 0 spiro atoms. The van der Waals surface area contributed by atoms with Gasteiger partial charge in [-0.3, -0.25) is 14.8 Å². The number of para-hydroxylation sites is 2. The van der Waals surface area contributed by atoms with Crippen molar-refractivity contribution in [1.82, 2.24) is 9.97 Å². The lowest BCUT2D eigenvalue weighted by Gasteiger charge is -1.90. The van der Waals surface area contributed by atoms with Crippen LogP contribution in [0.25, 0.3) is 11.0 Å². The minimum atomic E-state index is -0.250.